The maximum absolute atomic E-state index is 12.8. The summed E-state index contributed by atoms with van der Waals surface area (Å²) in [4.78, 5) is 40.8. The molecule has 1 unspecified atom stereocenters. The molecule has 1 aliphatic heterocycles. The molecule has 7 nitrogen and oxygen atoms in total. The van der Waals surface area contributed by atoms with Crippen molar-refractivity contribution in [1.82, 2.24) is 20.3 Å². The summed E-state index contributed by atoms with van der Waals surface area (Å²) in [6, 6.07) is 14.8. The Labute approximate surface area is 191 Å². The van der Waals surface area contributed by atoms with Gasteiger partial charge >= 0.3 is 0 Å². The van der Waals surface area contributed by atoms with Crippen LogP contribution in [0.1, 0.15) is 39.5 Å². The number of hydrogen-bond acceptors (Lipinski definition) is 4. The van der Waals surface area contributed by atoms with Crippen molar-refractivity contribution in [3.05, 3.63) is 75.7 Å². The molecular weight excluding hydrogens is 424 g/mol. The van der Waals surface area contributed by atoms with Gasteiger partial charge in [0, 0.05) is 28.5 Å². The molecule has 1 fully saturated rings. The Morgan fingerprint density at radius 3 is 2.56 bits per heavy atom. The quantitative estimate of drug-likeness (QED) is 0.586. The fourth-order valence-electron chi connectivity index (χ4n) is 4.24. The fourth-order valence-corrected chi connectivity index (χ4v) is 4.93. The zero-order valence-electron chi connectivity index (χ0n) is 18.1. The van der Waals surface area contributed by atoms with Crippen molar-refractivity contribution >= 4 is 29.1 Å². The van der Waals surface area contributed by atoms with Crippen molar-refractivity contribution in [3.8, 4) is 5.69 Å². The third-order valence-corrected chi connectivity index (χ3v) is 6.65. The molecule has 1 aliphatic rings. The number of aryl methyl sites for hydroxylation is 1. The normalized spacial score (nSPS) is 15.6. The number of rotatable bonds is 5. The molecule has 32 heavy (non-hydrogen) atoms. The fraction of sp³-hybridized carbons (Fsp3) is 0.292. The van der Waals surface area contributed by atoms with Crippen LogP contribution >= 0.6 is 11.3 Å². The van der Waals surface area contributed by atoms with Crippen LogP contribution in [0, 0.1) is 13.8 Å². The number of carbonyl (C=O) groups is 3. The van der Waals surface area contributed by atoms with Gasteiger partial charge in [0.15, 0.2) is 0 Å². The molecule has 0 saturated carbocycles. The molecule has 1 saturated heterocycles. The smallest absolute Gasteiger partial charge is 0.271 e. The van der Waals surface area contributed by atoms with Crippen molar-refractivity contribution < 1.29 is 14.4 Å². The Hall–Kier alpha value is -3.39. The van der Waals surface area contributed by atoms with E-state index in [0.717, 1.165) is 28.4 Å². The van der Waals surface area contributed by atoms with Gasteiger partial charge in [-0.15, -0.1) is 11.3 Å². The van der Waals surface area contributed by atoms with Crippen molar-refractivity contribution in [2.24, 2.45) is 0 Å². The van der Waals surface area contributed by atoms with Crippen LogP contribution in [0.4, 0.5) is 0 Å². The van der Waals surface area contributed by atoms with Crippen LogP contribution in [-0.4, -0.2) is 39.8 Å². The zero-order valence-corrected chi connectivity index (χ0v) is 18.9. The average molecular weight is 451 g/mol. The van der Waals surface area contributed by atoms with Gasteiger partial charge < -0.3 is 9.47 Å². The lowest BCUT2D eigenvalue weighted by Gasteiger charge is -2.24. The number of amides is 3. The van der Waals surface area contributed by atoms with Gasteiger partial charge in [-0.2, -0.15) is 0 Å². The lowest BCUT2D eigenvalue weighted by atomic mass is 10.2. The van der Waals surface area contributed by atoms with Crippen molar-refractivity contribution in [2.75, 3.05) is 6.54 Å². The van der Waals surface area contributed by atoms with Crippen LogP contribution in [0.25, 0.3) is 5.69 Å². The van der Waals surface area contributed by atoms with Crippen LogP contribution in [0.5, 0.6) is 0 Å². The standard InChI is InChI=1S/C24H26N4O3S/c1-16-14-20(17(2)28(16)18-8-4-3-5-9-18)23(30)25-26-24(31)21-11-6-12-27(21)22(29)15-19-10-7-13-32-19/h3-5,7-10,13-14,21H,6,11-12,15H2,1-2H3,(H,25,30)(H,26,31). The van der Waals surface area contributed by atoms with Gasteiger partial charge in [0.05, 0.1) is 12.0 Å². The number of nitrogens with zero attached hydrogens (tertiary/aromatic N) is 2. The first-order chi connectivity index (χ1) is 15.5. The van der Waals surface area contributed by atoms with Gasteiger partial charge in [-0.05, 0) is 56.3 Å². The van der Waals surface area contributed by atoms with E-state index in [0.29, 0.717) is 24.9 Å². The van der Waals surface area contributed by atoms with Crippen molar-refractivity contribution in [2.45, 2.75) is 39.2 Å². The van der Waals surface area contributed by atoms with Gasteiger partial charge in [0.1, 0.15) is 6.04 Å². The van der Waals surface area contributed by atoms with E-state index in [-0.39, 0.29) is 17.7 Å². The van der Waals surface area contributed by atoms with E-state index in [1.54, 1.807) is 11.0 Å². The molecule has 1 atom stereocenters. The molecule has 0 spiro atoms. The highest BCUT2D eigenvalue weighted by molar-refractivity contribution is 7.10. The first-order valence-electron chi connectivity index (χ1n) is 10.6. The van der Waals surface area contributed by atoms with Crippen molar-refractivity contribution in [1.29, 1.82) is 0 Å². The number of hydrazine groups is 1. The Bertz CT molecular complexity index is 1120. The van der Waals surface area contributed by atoms with E-state index in [1.807, 2.05) is 66.3 Å². The summed E-state index contributed by atoms with van der Waals surface area (Å²) in [5.74, 6) is -0.821. The zero-order chi connectivity index (χ0) is 22.7. The van der Waals surface area contributed by atoms with Crippen molar-refractivity contribution in [3.63, 3.8) is 0 Å². The summed E-state index contributed by atoms with van der Waals surface area (Å²) < 4.78 is 2.00. The lowest BCUT2D eigenvalue weighted by Crippen LogP contribution is -2.51. The minimum Gasteiger partial charge on any atom is -0.330 e. The van der Waals surface area contributed by atoms with Crippen LogP contribution in [0.15, 0.2) is 53.9 Å². The number of carbonyl (C=O) groups excluding carboxylic acids is 3. The second kappa shape index (κ2) is 9.40. The summed E-state index contributed by atoms with van der Waals surface area (Å²) in [6.07, 6.45) is 1.64. The number of nitrogens with one attached hydrogen (secondary N) is 2. The Morgan fingerprint density at radius 2 is 1.84 bits per heavy atom. The molecule has 1 aromatic carbocycles. The molecule has 2 N–H and O–H groups in total. The molecule has 0 radical (unpaired) electrons. The number of para-hydroxylation sites is 1. The molecule has 0 aliphatic carbocycles. The summed E-state index contributed by atoms with van der Waals surface area (Å²) >= 11 is 1.53. The van der Waals surface area contributed by atoms with Crippen LogP contribution < -0.4 is 10.9 Å². The largest absolute Gasteiger partial charge is 0.330 e. The van der Waals surface area contributed by atoms with E-state index in [1.165, 1.54) is 11.3 Å². The van der Waals surface area contributed by atoms with Crippen LogP contribution in [0.3, 0.4) is 0 Å². The van der Waals surface area contributed by atoms with Gasteiger partial charge in [-0.3, -0.25) is 25.2 Å². The Morgan fingerprint density at radius 1 is 1.06 bits per heavy atom. The topological polar surface area (TPSA) is 83.4 Å². The molecule has 8 heteroatoms. The SMILES string of the molecule is Cc1cc(C(=O)NNC(=O)C2CCCN2C(=O)Cc2cccs2)c(C)n1-c1ccccc1. The second-order valence-corrected chi connectivity index (χ2v) is 8.93. The average Bonchev–Trinajstić information content (AvgIpc) is 3.53. The van der Waals surface area contributed by atoms with E-state index in [2.05, 4.69) is 10.9 Å². The van der Waals surface area contributed by atoms with E-state index < -0.39 is 6.04 Å². The predicted molar refractivity (Wildman–Crippen MR) is 124 cm³/mol. The molecule has 2 aromatic heterocycles. The lowest BCUT2D eigenvalue weighted by molar-refractivity contribution is -0.138. The second-order valence-electron chi connectivity index (χ2n) is 7.90. The minimum absolute atomic E-state index is 0.0668. The molecule has 166 valence electrons. The molecule has 0 bridgehead atoms. The number of likely N-dealkylation sites (tertiary alicyclic amines) is 1. The number of hydrogen-bond donors (Lipinski definition) is 2. The number of aromatic nitrogens is 1. The highest BCUT2D eigenvalue weighted by Crippen LogP contribution is 2.22. The predicted octanol–water partition coefficient (Wildman–Crippen LogP) is 3.15. The number of thiophene rings is 1. The maximum Gasteiger partial charge on any atom is 0.271 e. The Kier molecular flexibility index (Phi) is 6.41. The Balaban J connectivity index is 1.40. The monoisotopic (exact) mass is 450 g/mol. The first kappa shape index (κ1) is 21.8. The molecule has 3 aromatic rings. The third-order valence-electron chi connectivity index (χ3n) is 5.77. The minimum atomic E-state index is -0.570. The first-order valence-corrected chi connectivity index (χ1v) is 11.5. The highest BCUT2D eigenvalue weighted by Gasteiger charge is 2.34. The van der Waals surface area contributed by atoms with Gasteiger partial charge in [0.2, 0.25) is 5.91 Å². The molecule has 3 amide bonds. The van der Waals surface area contributed by atoms with Gasteiger partial charge in [0.25, 0.3) is 11.8 Å². The molecule has 3 heterocycles. The summed E-state index contributed by atoms with van der Waals surface area (Å²) in [5, 5.41) is 1.93. The third kappa shape index (κ3) is 4.45. The maximum atomic E-state index is 12.8. The molecule has 4 rings (SSSR count). The molecular formula is C24H26N4O3S. The summed E-state index contributed by atoms with van der Waals surface area (Å²) in [5.41, 5.74) is 8.22. The van der Waals surface area contributed by atoms with E-state index in [4.69, 9.17) is 0 Å². The van der Waals surface area contributed by atoms with Crippen LogP contribution in [-0.2, 0) is 16.0 Å². The van der Waals surface area contributed by atoms with Gasteiger partial charge in [-0.1, -0.05) is 24.3 Å². The van der Waals surface area contributed by atoms with Gasteiger partial charge in [-0.25, -0.2) is 0 Å². The van der Waals surface area contributed by atoms with Crippen LogP contribution in [0.2, 0.25) is 0 Å². The van der Waals surface area contributed by atoms with E-state index >= 15 is 0 Å². The summed E-state index contributed by atoms with van der Waals surface area (Å²) in [6.45, 7) is 4.36. The summed E-state index contributed by atoms with van der Waals surface area (Å²) in [7, 11) is 0. The highest BCUT2D eigenvalue weighted by atomic mass is 32.1. The van der Waals surface area contributed by atoms with E-state index in [9.17, 15) is 14.4 Å². The number of benzene rings is 1.